The SMILES string of the molecule is CC(C)(C)Cn1cc(C(NS(=O)(=O)C2CC2)C(F)F)c2cc(F)c(Br)cc21. The second-order valence-corrected chi connectivity index (χ2v) is 11.1. The van der Waals surface area contributed by atoms with Crippen LogP contribution in [-0.2, 0) is 16.6 Å². The zero-order valence-corrected chi connectivity index (χ0v) is 17.7. The summed E-state index contributed by atoms with van der Waals surface area (Å²) < 4.78 is 70.4. The lowest BCUT2D eigenvalue weighted by Gasteiger charge is -2.20. The fraction of sp³-hybridized carbons (Fsp3) is 0.556. The molecule has 1 aromatic carbocycles. The first-order valence-corrected chi connectivity index (χ1v) is 11.0. The Kier molecular flexibility index (Phi) is 5.42. The van der Waals surface area contributed by atoms with Crippen LogP contribution >= 0.6 is 15.9 Å². The second kappa shape index (κ2) is 7.08. The Hall–Kier alpha value is -1.06. The van der Waals surface area contributed by atoms with Crippen molar-refractivity contribution in [2.45, 2.75) is 57.9 Å². The molecule has 0 bridgehead atoms. The molecular formula is C18H22BrF3N2O2S. The number of rotatable bonds is 6. The van der Waals surface area contributed by atoms with Gasteiger partial charge in [0.15, 0.2) is 0 Å². The standard InChI is InChI=1S/C18H22BrF3N2O2S/c1-18(2,3)9-24-8-12(11-6-14(20)13(19)7-15(11)24)16(17(21)22)23-27(25,26)10-4-5-10/h6-8,10,16-17,23H,4-5,9H2,1-3H3. The van der Waals surface area contributed by atoms with E-state index in [1.807, 2.05) is 20.8 Å². The number of hydrogen-bond acceptors (Lipinski definition) is 2. The number of benzene rings is 1. The number of sulfonamides is 1. The van der Waals surface area contributed by atoms with Gasteiger partial charge in [-0.05, 0) is 46.3 Å². The first-order chi connectivity index (χ1) is 12.4. The molecule has 1 saturated carbocycles. The molecule has 9 heteroatoms. The van der Waals surface area contributed by atoms with Gasteiger partial charge in [0.1, 0.15) is 11.9 Å². The number of hydrogen-bond donors (Lipinski definition) is 1. The van der Waals surface area contributed by atoms with Gasteiger partial charge in [0.25, 0.3) is 6.43 Å². The van der Waals surface area contributed by atoms with Gasteiger partial charge in [-0.2, -0.15) is 0 Å². The van der Waals surface area contributed by atoms with E-state index < -0.39 is 33.6 Å². The van der Waals surface area contributed by atoms with Gasteiger partial charge in [-0.3, -0.25) is 0 Å². The van der Waals surface area contributed by atoms with Gasteiger partial charge >= 0.3 is 0 Å². The number of nitrogens with zero attached hydrogens (tertiary/aromatic N) is 1. The summed E-state index contributed by atoms with van der Waals surface area (Å²) in [5.74, 6) is -0.588. The smallest absolute Gasteiger partial charge is 0.258 e. The molecule has 0 radical (unpaired) electrons. The lowest BCUT2D eigenvalue weighted by molar-refractivity contribution is 0.109. The minimum absolute atomic E-state index is 0.0832. The maximum atomic E-state index is 14.1. The molecule has 1 aromatic heterocycles. The molecule has 4 nitrogen and oxygen atoms in total. The van der Waals surface area contributed by atoms with Gasteiger partial charge in [-0.1, -0.05) is 20.8 Å². The molecule has 1 heterocycles. The molecule has 0 spiro atoms. The summed E-state index contributed by atoms with van der Waals surface area (Å²) in [5, 5.41) is -0.337. The van der Waals surface area contributed by atoms with Gasteiger partial charge < -0.3 is 4.57 Å². The Morgan fingerprint density at radius 1 is 1.30 bits per heavy atom. The molecule has 0 aliphatic heterocycles. The van der Waals surface area contributed by atoms with Crippen molar-refractivity contribution in [1.82, 2.24) is 9.29 Å². The first kappa shape index (κ1) is 20.7. The van der Waals surface area contributed by atoms with Crippen LogP contribution in [0.1, 0.15) is 45.2 Å². The number of fused-ring (bicyclic) bond motifs is 1. The first-order valence-electron chi connectivity index (χ1n) is 8.66. The fourth-order valence-electron chi connectivity index (χ4n) is 3.10. The predicted molar refractivity (Wildman–Crippen MR) is 103 cm³/mol. The van der Waals surface area contributed by atoms with Gasteiger partial charge in [0, 0.05) is 29.2 Å². The zero-order valence-electron chi connectivity index (χ0n) is 15.3. The summed E-state index contributed by atoms with van der Waals surface area (Å²) in [6.07, 6.45) is -0.510. The molecule has 0 saturated heterocycles. The number of aromatic nitrogens is 1. The summed E-state index contributed by atoms with van der Waals surface area (Å²) in [7, 11) is -3.83. The fourth-order valence-corrected chi connectivity index (χ4v) is 4.97. The van der Waals surface area contributed by atoms with Crippen LogP contribution in [-0.4, -0.2) is 24.7 Å². The van der Waals surface area contributed by atoms with E-state index in [-0.39, 0.29) is 20.8 Å². The van der Waals surface area contributed by atoms with E-state index in [1.54, 1.807) is 4.57 Å². The van der Waals surface area contributed by atoms with E-state index in [0.717, 1.165) is 0 Å². The maximum absolute atomic E-state index is 14.1. The lowest BCUT2D eigenvalue weighted by atomic mass is 9.97. The van der Waals surface area contributed by atoms with Crippen LogP contribution in [0.25, 0.3) is 10.9 Å². The zero-order chi connectivity index (χ0) is 20.1. The van der Waals surface area contributed by atoms with Crippen LogP contribution in [0.3, 0.4) is 0 Å². The average Bonchev–Trinajstić information content (AvgIpc) is 3.32. The third kappa shape index (κ3) is 4.51. The van der Waals surface area contributed by atoms with Crippen LogP contribution in [0.15, 0.2) is 22.8 Å². The van der Waals surface area contributed by atoms with Crippen LogP contribution in [0.4, 0.5) is 13.2 Å². The van der Waals surface area contributed by atoms with Crippen molar-refractivity contribution in [2.24, 2.45) is 5.41 Å². The van der Waals surface area contributed by atoms with Crippen LogP contribution in [0.5, 0.6) is 0 Å². The summed E-state index contributed by atoms with van der Waals surface area (Å²) in [6, 6.07) is 0.993. The molecule has 150 valence electrons. The summed E-state index contributed by atoms with van der Waals surface area (Å²) in [5.41, 5.74) is 0.502. The van der Waals surface area contributed by atoms with Crippen LogP contribution in [0.2, 0.25) is 0 Å². The molecule has 1 aliphatic carbocycles. The molecule has 1 N–H and O–H groups in total. The molecular weight excluding hydrogens is 445 g/mol. The highest BCUT2D eigenvalue weighted by Gasteiger charge is 2.40. The van der Waals surface area contributed by atoms with E-state index >= 15 is 0 Å². The average molecular weight is 467 g/mol. The number of nitrogens with one attached hydrogen (secondary N) is 1. The largest absolute Gasteiger partial charge is 0.347 e. The van der Waals surface area contributed by atoms with Crippen LogP contribution < -0.4 is 4.72 Å². The normalized spacial score (nSPS) is 17.0. The van der Waals surface area contributed by atoms with Crippen molar-refractivity contribution >= 4 is 36.9 Å². The summed E-state index contributed by atoms with van der Waals surface area (Å²) >= 11 is 3.13. The van der Waals surface area contributed by atoms with E-state index in [2.05, 4.69) is 20.7 Å². The third-order valence-corrected chi connectivity index (χ3v) is 6.98. The van der Waals surface area contributed by atoms with Crippen LogP contribution in [0, 0.1) is 11.2 Å². The molecule has 0 amide bonds. The van der Waals surface area contributed by atoms with Crippen molar-refractivity contribution in [3.63, 3.8) is 0 Å². The Morgan fingerprint density at radius 3 is 2.44 bits per heavy atom. The Morgan fingerprint density at radius 2 is 1.93 bits per heavy atom. The minimum atomic E-state index is -3.83. The summed E-state index contributed by atoms with van der Waals surface area (Å²) in [6.45, 7) is 6.50. The highest BCUT2D eigenvalue weighted by molar-refractivity contribution is 9.10. The van der Waals surface area contributed by atoms with Crippen molar-refractivity contribution in [2.75, 3.05) is 0 Å². The Balaban J connectivity index is 2.14. The highest BCUT2D eigenvalue weighted by Crippen LogP contribution is 2.36. The summed E-state index contributed by atoms with van der Waals surface area (Å²) in [4.78, 5) is 0. The van der Waals surface area contributed by atoms with Crippen molar-refractivity contribution in [3.8, 4) is 0 Å². The minimum Gasteiger partial charge on any atom is -0.347 e. The van der Waals surface area contributed by atoms with Crippen molar-refractivity contribution < 1.29 is 21.6 Å². The van der Waals surface area contributed by atoms with E-state index in [4.69, 9.17) is 0 Å². The van der Waals surface area contributed by atoms with Crippen molar-refractivity contribution in [3.05, 3.63) is 34.2 Å². The third-order valence-electron chi connectivity index (χ3n) is 4.44. The monoisotopic (exact) mass is 466 g/mol. The lowest BCUT2D eigenvalue weighted by Crippen LogP contribution is -2.35. The topological polar surface area (TPSA) is 51.1 Å². The molecule has 1 unspecified atom stereocenters. The molecule has 2 aromatic rings. The molecule has 3 rings (SSSR count). The van der Waals surface area contributed by atoms with Gasteiger partial charge in [0.05, 0.1) is 9.72 Å². The van der Waals surface area contributed by atoms with Gasteiger partial charge in [-0.15, -0.1) is 0 Å². The van der Waals surface area contributed by atoms with Gasteiger partial charge in [-0.25, -0.2) is 26.3 Å². The Labute approximate surface area is 165 Å². The highest BCUT2D eigenvalue weighted by atomic mass is 79.9. The predicted octanol–water partition coefficient (Wildman–Crippen LogP) is 4.98. The molecule has 27 heavy (non-hydrogen) atoms. The molecule has 1 fully saturated rings. The number of alkyl halides is 2. The Bertz CT molecular complexity index is 963. The van der Waals surface area contributed by atoms with E-state index in [9.17, 15) is 21.6 Å². The van der Waals surface area contributed by atoms with E-state index in [1.165, 1.54) is 18.3 Å². The maximum Gasteiger partial charge on any atom is 0.258 e. The molecule has 1 aliphatic rings. The van der Waals surface area contributed by atoms with Crippen molar-refractivity contribution in [1.29, 1.82) is 0 Å². The van der Waals surface area contributed by atoms with Gasteiger partial charge in [0.2, 0.25) is 10.0 Å². The second-order valence-electron chi connectivity index (χ2n) is 8.23. The quantitative estimate of drug-likeness (QED) is 0.652. The molecule has 1 atom stereocenters. The number of halogens is 4. The van der Waals surface area contributed by atoms with E-state index in [0.29, 0.717) is 24.9 Å².